The molecule has 7 nitrogen and oxygen atoms in total. The number of nitrogens with two attached hydrogens (primary N) is 1. The van der Waals surface area contributed by atoms with E-state index in [0.717, 1.165) is 23.1 Å². The number of hydrogen-bond donors (Lipinski definition) is 2. The Kier molecular flexibility index (Phi) is 6.28. The van der Waals surface area contributed by atoms with E-state index >= 15 is 0 Å². The molecule has 3 N–H and O–H groups in total. The molecule has 36 heavy (non-hydrogen) atoms. The van der Waals surface area contributed by atoms with Crippen LogP contribution in [0.25, 0.3) is 0 Å². The Labute approximate surface area is 208 Å². The van der Waals surface area contributed by atoms with Crippen LogP contribution in [0.1, 0.15) is 47.8 Å². The second-order valence-corrected chi connectivity index (χ2v) is 8.68. The quantitative estimate of drug-likeness (QED) is 0.302. The number of hydrogen-bond acceptors (Lipinski definition) is 5. The maximum absolute atomic E-state index is 12.9. The highest BCUT2D eigenvalue weighted by atomic mass is 16.2. The van der Waals surface area contributed by atoms with Gasteiger partial charge in [0.1, 0.15) is 0 Å². The van der Waals surface area contributed by atoms with Crippen molar-refractivity contribution in [2.24, 2.45) is 0 Å². The molecule has 3 amide bonds. The highest BCUT2D eigenvalue weighted by molar-refractivity contribution is 6.21. The zero-order valence-electron chi connectivity index (χ0n) is 19.5. The summed E-state index contributed by atoms with van der Waals surface area (Å²) < 4.78 is 0. The topological polar surface area (TPSA) is 105 Å². The van der Waals surface area contributed by atoms with Crippen molar-refractivity contribution in [3.63, 3.8) is 0 Å². The van der Waals surface area contributed by atoms with Gasteiger partial charge in [-0.25, -0.2) is 0 Å². The molecular weight excluding hydrogens is 452 g/mol. The lowest BCUT2D eigenvalue weighted by Gasteiger charge is -2.13. The van der Waals surface area contributed by atoms with Gasteiger partial charge in [-0.15, -0.1) is 0 Å². The number of nitrogens with one attached hydrogen (secondary N) is 1. The Balaban J connectivity index is 1.22. The minimum Gasteiger partial charge on any atom is -0.397 e. The molecule has 0 radical (unpaired) electrons. The third kappa shape index (κ3) is 4.72. The van der Waals surface area contributed by atoms with Gasteiger partial charge < -0.3 is 11.1 Å². The standard InChI is InChI=1S/C29H24N4O3/c30-25-5-1-2-6-26(25)32-27(34)22-12-9-19(10-13-22)7-8-20-11-14-23-24(16-20)29(36)33(28(23)35)18-21-4-3-15-31-17-21/h1-6,9-17H,7-8,18,30H2,(H,32,34). The van der Waals surface area contributed by atoms with Crippen molar-refractivity contribution < 1.29 is 14.4 Å². The van der Waals surface area contributed by atoms with Crippen molar-refractivity contribution in [1.29, 1.82) is 0 Å². The number of rotatable bonds is 7. The van der Waals surface area contributed by atoms with Crippen LogP contribution in [0.4, 0.5) is 11.4 Å². The molecule has 0 bridgehead atoms. The summed E-state index contributed by atoms with van der Waals surface area (Å²) in [5.41, 5.74) is 11.2. The predicted molar refractivity (Wildman–Crippen MR) is 138 cm³/mol. The number of aryl methyl sites for hydroxylation is 2. The van der Waals surface area contributed by atoms with Crippen LogP contribution in [0.5, 0.6) is 0 Å². The van der Waals surface area contributed by atoms with Crippen LogP contribution in [0, 0.1) is 0 Å². The van der Waals surface area contributed by atoms with E-state index in [1.54, 1.807) is 48.8 Å². The number of fused-ring (bicyclic) bond motifs is 1. The van der Waals surface area contributed by atoms with Gasteiger partial charge in [-0.3, -0.25) is 24.3 Å². The van der Waals surface area contributed by atoms with Crippen LogP contribution in [0.15, 0.2) is 91.3 Å². The van der Waals surface area contributed by atoms with Crippen LogP contribution in [0.3, 0.4) is 0 Å². The summed E-state index contributed by atoms with van der Waals surface area (Å²) in [5, 5.41) is 2.82. The zero-order valence-corrected chi connectivity index (χ0v) is 19.5. The number of anilines is 2. The lowest BCUT2D eigenvalue weighted by atomic mass is 9.99. The second-order valence-electron chi connectivity index (χ2n) is 8.68. The first-order valence-corrected chi connectivity index (χ1v) is 11.6. The number of imide groups is 1. The van der Waals surface area contributed by atoms with Crippen LogP contribution >= 0.6 is 0 Å². The van der Waals surface area contributed by atoms with Crippen molar-refractivity contribution in [3.05, 3.63) is 125 Å². The van der Waals surface area contributed by atoms with E-state index < -0.39 is 0 Å². The molecule has 4 aromatic rings. The van der Waals surface area contributed by atoms with Gasteiger partial charge in [0, 0.05) is 18.0 Å². The number of aromatic nitrogens is 1. The summed E-state index contributed by atoms with van der Waals surface area (Å²) in [7, 11) is 0. The van der Waals surface area contributed by atoms with E-state index in [-0.39, 0.29) is 24.3 Å². The molecular formula is C29H24N4O3. The molecule has 1 aliphatic rings. The van der Waals surface area contributed by atoms with Gasteiger partial charge in [0.2, 0.25) is 0 Å². The number of nitrogen functional groups attached to an aromatic ring is 1. The monoisotopic (exact) mass is 476 g/mol. The summed E-state index contributed by atoms with van der Waals surface area (Å²) >= 11 is 0. The molecule has 178 valence electrons. The van der Waals surface area contributed by atoms with Crippen molar-refractivity contribution in [2.45, 2.75) is 19.4 Å². The van der Waals surface area contributed by atoms with Gasteiger partial charge >= 0.3 is 0 Å². The van der Waals surface area contributed by atoms with Crippen molar-refractivity contribution in [2.75, 3.05) is 11.1 Å². The van der Waals surface area contributed by atoms with Crippen molar-refractivity contribution in [3.8, 4) is 0 Å². The molecule has 1 aromatic heterocycles. The number of carbonyl (C=O) groups is 3. The molecule has 7 heteroatoms. The van der Waals surface area contributed by atoms with Gasteiger partial charge in [-0.2, -0.15) is 0 Å². The van der Waals surface area contributed by atoms with E-state index in [0.29, 0.717) is 34.5 Å². The van der Waals surface area contributed by atoms with E-state index in [2.05, 4.69) is 10.3 Å². The van der Waals surface area contributed by atoms with Crippen molar-refractivity contribution in [1.82, 2.24) is 9.88 Å². The molecule has 0 saturated carbocycles. The fourth-order valence-corrected chi connectivity index (χ4v) is 4.23. The molecule has 0 saturated heterocycles. The number of carbonyl (C=O) groups excluding carboxylic acids is 3. The van der Waals surface area contributed by atoms with Crippen LogP contribution < -0.4 is 11.1 Å². The molecule has 3 aromatic carbocycles. The lowest BCUT2D eigenvalue weighted by Crippen LogP contribution is -2.29. The Morgan fingerprint density at radius 2 is 1.53 bits per heavy atom. The van der Waals surface area contributed by atoms with Gasteiger partial charge in [0.05, 0.1) is 29.0 Å². The van der Waals surface area contributed by atoms with Gasteiger partial charge in [0.15, 0.2) is 0 Å². The van der Waals surface area contributed by atoms with E-state index in [1.165, 1.54) is 4.90 Å². The minimum atomic E-state index is -0.282. The molecule has 0 fully saturated rings. The third-order valence-electron chi connectivity index (χ3n) is 6.23. The number of amides is 3. The molecule has 1 aliphatic heterocycles. The average molecular weight is 477 g/mol. The largest absolute Gasteiger partial charge is 0.397 e. The van der Waals surface area contributed by atoms with E-state index in [9.17, 15) is 14.4 Å². The predicted octanol–water partition coefficient (Wildman–Crippen LogP) is 4.50. The Morgan fingerprint density at radius 1 is 0.806 bits per heavy atom. The summed E-state index contributed by atoms with van der Waals surface area (Å²) in [6.45, 7) is 0.201. The number of nitrogens with zero attached hydrogens (tertiary/aromatic N) is 2. The number of pyridine rings is 1. The van der Waals surface area contributed by atoms with Crippen LogP contribution in [-0.4, -0.2) is 27.6 Å². The van der Waals surface area contributed by atoms with Crippen molar-refractivity contribution >= 4 is 29.1 Å². The summed E-state index contributed by atoms with van der Waals surface area (Å²) in [6.07, 6.45) is 4.74. The first-order chi connectivity index (χ1) is 17.5. The summed E-state index contributed by atoms with van der Waals surface area (Å²) in [5.74, 6) is -0.788. The Bertz CT molecular complexity index is 1450. The maximum atomic E-state index is 12.9. The summed E-state index contributed by atoms with van der Waals surface area (Å²) in [6, 6.07) is 23.6. The highest BCUT2D eigenvalue weighted by Crippen LogP contribution is 2.26. The number of benzene rings is 3. The highest BCUT2D eigenvalue weighted by Gasteiger charge is 2.35. The molecule has 5 rings (SSSR count). The van der Waals surface area contributed by atoms with Gasteiger partial charge in [-0.1, -0.05) is 36.4 Å². The molecule has 0 spiro atoms. The second kappa shape index (κ2) is 9.84. The maximum Gasteiger partial charge on any atom is 0.261 e. The third-order valence-corrected chi connectivity index (χ3v) is 6.23. The fourth-order valence-electron chi connectivity index (χ4n) is 4.23. The fraction of sp³-hybridized carbons (Fsp3) is 0.103. The minimum absolute atomic E-state index is 0.201. The summed E-state index contributed by atoms with van der Waals surface area (Å²) in [4.78, 5) is 43.5. The van der Waals surface area contributed by atoms with E-state index in [1.807, 2.05) is 42.5 Å². The zero-order chi connectivity index (χ0) is 25.1. The SMILES string of the molecule is Nc1ccccc1NC(=O)c1ccc(CCc2ccc3c(c2)C(=O)N(Cc2cccnc2)C3=O)cc1. The van der Waals surface area contributed by atoms with Crippen LogP contribution in [0.2, 0.25) is 0 Å². The first kappa shape index (κ1) is 23.0. The van der Waals surface area contributed by atoms with Crippen LogP contribution in [-0.2, 0) is 19.4 Å². The molecule has 0 atom stereocenters. The Hall–Kier alpha value is -4.78. The first-order valence-electron chi connectivity index (χ1n) is 11.6. The Morgan fingerprint density at radius 3 is 2.28 bits per heavy atom. The normalized spacial score (nSPS) is 12.5. The van der Waals surface area contributed by atoms with Gasteiger partial charge in [0.25, 0.3) is 17.7 Å². The smallest absolute Gasteiger partial charge is 0.261 e. The average Bonchev–Trinajstić information content (AvgIpc) is 3.14. The molecule has 0 aliphatic carbocycles. The number of para-hydroxylation sites is 2. The van der Waals surface area contributed by atoms with E-state index in [4.69, 9.17) is 5.73 Å². The molecule has 2 heterocycles. The molecule has 0 unspecified atom stereocenters. The lowest BCUT2D eigenvalue weighted by molar-refractivity contribution is 0.0642. The van der Waals surface area contributed by atoms with Gasteiger partial charge in [-0.05, 0) is 72.0 Å².